The summed E-state index contributed by atoms with van der Waals surface area (Å²) < 4.78 is 0. The van der Waals surface area contributed by atoms with Gasteiger partial charge >= 0.3 is 0 Å². The molecule has 88 valence electrons. The Bertz CT molecular complexity index is 573. The van der Waals surface area contributed by atoms with Gasteiger partial charge in [0.05, 0.1) is 12.0 Å². The molecule has 0 radical (unpaired) electrons. The number of carbonyl (C=O) groups is 1. The Morgan fingerprint density at radius 2 is 2.00 bits per heavy atom. The van der Waals surface area contributed by atoms with Gasteiger partial charge in [-0.15, -0.1) is 6.58 Å². The summed E-state index contributed by atoms with van der Waals surface area (Å²) in [6.45, 7) is 3.65. The van der Waals surface area contributed by atoms with Crippen LogP contribution in [0.2, 0.25) is 0 Å². The quantitative estimate of drug-likeness (QED) is 0.754. The third-order valence-electron chi connectivity index (χ3n) is 3.00. The predicted molar refractivity (Wildman–Crippen MR) is 71.4 cm³/mol. The molecule has 0 aliphatic heterocycles. The summed E-state index contributed by atoms with van der Waals surface area (Å²) in [7, 11) is 0. The van der Waals surface area contributed by atoms with Gasteiger partial charge in [-0.05, 0) is 24.1 Å². The second kappa shape index (κ2) is 5.29. The van der Waals surface area contributed by atoms with Gasteiger partial charge in [-0.3, -0.25) is 4.79 Å². The molecule has 18 heavy (non-hydrogen) atoms. The lowest BCUT2D eigenvalue weighted by molar-refractivity contribution is -0.116. The zero-order valence-corrected chi connectivity index (χ0v) is 9.97. The Morgan fingerprint density at radius 1 is 1.28 bits per heavy atom. The number of hydrogen-bond acceptors (Lipinski definition) is 2. The first-order valence-corrected chi connectivity index (χ1v) is 5.80. The fraction of sp³-hybridized carbons (Fsp3) is 0.125. The zero-order chi connectivity index (χ0) is 13.0. The van der Waals surface area contributed by atoms with E-state index in [0.29, 0.717) is 17.6 Å². The molecular formula is C16H13NO. The summed E-state index contributed by atoms with van der Waals surface area (Å²) in [5, 5.41) is 9.03. The molecule has 2 heteroatoms. The Hall–Kier alpha value is -2.40. The van der Waals surface area contributed by atoms with Gasteiger partial charge in [0.15, 0.2) is 5.78 Å². The van der Waals surface area contributed by atoms with E-state index in [-0.39, 0.29) is 11.7 Å². The maximum absolute atomic E-state index is 12.4. The molecule has 2 nitrogen and oxygen atoms in total. The van der Waals surface area contributed by atoms with Gasteiger partial charge in [-0.25, -0.2) is 0 Å². The molecule has 1 aliphatic carbocycles. The minimum absolute atomic E-state index is 0.000139. The molecule has 0 aromatic heterocycles. The van der Waals surface area contributed by atoms with Crippen LogP contribution >= 0.6 is 0 Å². The summed E-state index contributed by atoms with van der Waals surface area (Å²) in [6.07, 6.45) is 5.65. The summed E-state index contributed by atoms with van der Waals surface area (Å²) in [5.74, 6) is -0.382. The van der Waals surface area contributed by atoms with Gasteiger partial charge in [-0.2, -0.15) is 5.26 Å². The molecule has 0 amide bonds. The van der Waals surface area contributed by atoms with Crippen molar-refractivity contribution in [3.8, 4) is 6.07 Å². The highest BCUT2D eigenvalue weighted by Crippen LogP contribution is 2.30. The molecule has 1 aromatic carbocycles. The first kappa shape index (κ1) is 12.1. The number of rotatable bonds is 3. The third-order valence-corrected chi connectivity index (χ3v) is 3.00. The van der Waals surface area contributed by atoms with E-state index in [1.165, 1.54) is 0 Å². The van der Waals surface area contributed by atoms with Crippen LogP contribution < -0.4 is 0 Å². The van der Waals surface area contributed by atoms with Gasteiger partial charge in [-0.1, -0.05) is 36.4 Å². The normalized spacial score (nSPS) is 18.6. The van der Waals surface area contributed by atoms with Crippen LogP contribution in [0.1, 0.15) is 12.0 Å². The molecule has 0 spiro atoms. The van der Waals surface area contributed by atoms with Gasteiger partial charge in [0, 0.05) is 11.1 Å². The van der Waals surface area contributed by atoms with Crippen molar-refractivity contribution in [3.63, 3.8) is 0 Å². The molecule has 2 rings (SSSR count). The van der Waals surface area contributed by atoms with Crippen molar-refractivity contribution >= 4 is 11.4 Å². The van der Waals surface area contributed by atoms with Crippen LogP contribution in [0.15, 0.2) is 60.7 Å². The highest BCUT2D eigenvalue weighted by molar-refractivity contribution is 6.24. The molecule has 0 bridgehead atoms. The molecule has 1 unspecified atom stereocenters. The Kier molecular flexibility index (Phi) is 3.54. The van der Waals surface area contributed by atoms with E-state index in [9.17, 15) is 4.79 Å². The van der Waals surface area contributed by atoms with Crippen molar-refractivity contribution in [1.82, 2.24) is 0 Å². The van der Waals surface area contributed by atoms with Gasteiger partial charge in [0.1, 0.15) is 0 Å². The van der Waals surface area contributed by atoms with E-state index in [4.69, 9.17) is 5.26 Å². The Morgan fingerprint density at radius 3 is 2.61 bits per heavy atom. The minimum Gasteiger partial charge on any atom is -0.293 e. The summed E-state index contributed by atoms with van der Waals surface area (Å²) in [5.41, 5.74) is 2.07. The van der Waals surface area contributed by atoms with Crippen molar-refractivity contribution in [1.29, 1.82) is 5.26 Å². The molecule has 0 N–H and O–H groups in total. The van der Waals surface area contributed by atoms with Crippen LogP contribution in [0.25, 0.3) is 5.57 Å². The second-order valence-corrected chi connectivity index (χ2v) is 4.12. The summed E-state index contributed by atoms with van der Waals surface area (Å²) in [4.78, 5) is 12.4. The average Bonchev–Trinajstić information content (AvgIpc) is 2.42. The summed E-state index contributed by atoms with van der Waals surface area (Å²) in [6, 6.07) is 11.6. The van der Waals surface area contributed by atoms with E-state index in [0.717, 1.165) is 5.56 Å². The number of carbonyl (C=O) groups excluding carboxylic acids is 1. The molecule has 0 saturated carbocycles. The van der Waals surface area contributed by atoms with Crippen molar-refractivity contribution in [3.05, 3.63) is 66.3 Å². The van der Waals surface area contributed by atoms with E-state index in [2.05, 4.69) is 12.6 Å². The topological polar surface area (TPSA) is 40.9 Å². The van der Waals surface area contributed by atoms with E-state index >= 15 is 0 Å². The molecule has 0 saturated heterocycles. The minimum atomic E-state index is -0.382. The van der Waals surface area contributed by atoms with Gasteiger partial charge in [0.2, 0.25) is 0 Å². The van der Waals surface area contributed by atoms with E-state index in [1.54, 1.807) is 18.2 Å². The molecule has 0 heterocycles. The first-order chi connectivity index (χ1) is 8.77. The zero-order valence-electron chi connectivity index (χ0n) is 9.97. The monoisotopic (exact) mass is 235 g/mol. The smallest absolute Gasteiger partial charge is 0.171 e. The predicted octanol–water partition coefficient (Wildman–Crippen LogP) is 3.29. The van der Waals surface area contributed by atoms with Crippen LogP contribution in [-0.4, -0.2) is 5.78 Å². The first-order valence-electron chi connectivity index (χ1n) is 5.80. The molecule has 1 aromatic rings. The fourth-order valence-electron chi connectivity index (χ4n) is 2.07. The van der Waals surface area contributed by atoms with Gasteiger partial charge < -0.3 is 0 Å². The highest BCUT2D eigenvalue weighted by Gasteiger charge is 2.27. The Labute approximate surface area is 107 Å². The number of nitrogens with zero attached hydrogens (tertiary/aromatic N) is 1. The van der Waals surface area contributed by atoms with Crippen molar-refractivity contribution < 1.29 is 4.79 Å². The number of benzene rings is 1. The summed E-state index contributed by atoms with van der Waals surface area (Å²) >= 11 is 0. The SMILES string of the molecule is C=CCC1C(=O)C(c2ccccc2)=CC=C1C#N. The average molecular weight is 235 g/mol. The number of nitriles is 1. The van der Waals surface area contributed by atoms with E-state index < -0.39 is 0 Å². The largest absolute Gasteiger partial charge is 0.293 e. The van der Waals surface area contributed by atoms with E-state index in [1.807, 2.05) is 30.3 Å². The highest BCUT2D eigenvalue weighted by atomic mass is 16.1. The standard InChI is InChI=1S/C16H13NO/c1-2-6-14-13(11-17)9-10-15(16(14)18)12-7-4-3-5-8-12/h2-5,7-10,14H,1,6H2. The van der Waals surface area contributed by atoms with Crippen LogP contribution in [-0.2, 0) is 4.79 Å². The molecular weight excluding hydrogens is 222 g/mol. The van der Waals surface area contributed by atoms with Crippen LogP contribution in [0.3, 0.4) is 0 Å². The van der Waals surface area contributed by atoms with Crippen molar-refractivity contribution in [2.45, 2.75) is 6.42 Å². The lowest BCUT2D eigenvalue weighted by Crippen LogP contribution is -2.20. The van der Waals surface area contributed by atoms with Crippen molar-refractivity contribution in [2.75, 3.05) is 0 Å². The van der Waals surface area contributed by atoms with Crippen LogP contribution in [0.5, 0.6) is 0 Å². The third kappa shape index (κ3) is 2.16. The lowest BCUT2D eigenvalue weighted by Gasteiger charge is -2.19. The second-order valence-electron chi connectivity index (χ2n) is 4.12. The van der Waals surface area contributed by atoms with Crippen molar-refractivity contribution in [2.24, 2.45) is 5.92 Å². The van der Waals surface area contributed by atoms with Crippen LogP contribution in [0.4, 0.5) is 0 Å². The van der Waals surface area contributed by atoms with Crippen LogP contribution in [0, 0.1) is 17.2 Å². The fourth-order valence-corrected chi connectivity index (χ4v) is 2.07. The van der Waals surface area contributed by atoms with Gasteiger partial charge in [0.25, 0.3) is 0 Å². The number of hydrogen-bond donors (Lipinski definition) is 0. The lowest BCUT2D eigenvalue weighted by atomic mass is 9.82. The molecule has 1 aliphatic rings. The molecule has 0 fully saturated rings. The maximum Gasteiger partial charge on any atom is 0.171 e. The number of ketones is 1. The maximum atomic E-state index is 12.4. The Balaban J connectivity index is 2.43. The molecule has 1 atom stereocenters. The number of allylic oxidation sites excluding steroid dienone is 5. The number of Topliss-reactive ketones (excluding diaryl/α,β-unsaturated/α-hetero) is 1.